The summed E-state index contributed by atoms with van der Waals surface area (Å²) in [5.74, 6) is 0.304. The zero-order valence-corrected chi connectivity index (χ0v) is 14.1. The van der Waals surface area contributed by atoms with E-state index in [1.165, 1.54) is 23.1 Å². The second-order valence-electron chi connectivity index (χ2n) is 4.06. The predicted molar refractivity (Wildman–Crippen MR) is 89.6 cm³/mol. The largest absolute Gasteiger partial charge is 0.369 e. The molecule has 1 aromatic heterocycles. The molecule has 1 heterocycles. The van der Waals surface area contributed by atoms with E-state index in [0.717, 1.165) is 10.2 Å². The maximum atomic E-state index is 12.0. The van der Waals surface area contributed by atoms with Gasteiger partial charge in [-0.15, -0.1) is 23.1 Å². The number of amides is 2. The second kappa shape index (κ2) is 7.58. The number of carbonyl (C=O) groups excluding carboxylic acids is 2. The number of primary amides is 1. The maximum Gasteiger partial charge on any atom is 0.257 e. The first kappa shape index (κ1) is 16.0. The van der Waals surface area contributed by atoms with Gasteiger partial charge in [-0.3, -0.25) is 14.9 Å². The summed E-state index contributed by atoms with van der Waals surface area (Å²) in [7, 11) is 0. The van der Waals surface area contributed by atoms with Crippen LogP contribution in [0.2, 0.25) is 0 Å². The summed E-state index contributed by atoms with van der Waals surface area (Å²) in [5, 5.41) is 5.14. The molecule has 3 N–H and O–H groups in total. The molecular weight excluding hydrogens is 374 g/mol. The van der Waals surface area contributed by atoms with E-state index in [-0.39, 0.29) is 17.6 Å². The number of halogens is 1. The lowest BCUT2D eigenvalue weighted by Gasteiger charge is -2.01. The molecule has 0 atom stereocenters. The van der Waals surface area contributed by atoms with Gasteiger partial charge in [-0.25, -0.2) is 4.98 Å². The number of hydrogen-bond acceptors (Lipinski definition) is 5. The van der Waals surface area contributed by atoms with Gasteiger partial charge < -0.3 is 5.73 Å². The van der Waals surface area contributed by atoms with Crippen molar-refractivity contribution in [2.75, 3.05) is 11.1 Å². The molecule has 2 rings (SSSR count). The van der Waals surface area contributed by atoms with Crippen molar-refractivity contribution < 1.29 is 9.59 Å². The molecule has 1 aromatic carbocycles. The minimum absolute atomic E-state index is 0.201. The molecule has 0 aliphatic rings. The van der Waals surface area contributed by atoms with Crippen molar-refractivity contribution in [1.82, 2.24) is 4.98 Å². The Labute approximate surface area is 138 Å². The monoisotopic (exact) mass is 385 g/mol. The van der Waals surface area contributed by atoms with Crippen LogP contribution < -0.4 is 11.1 Å². The summed E-state index contributed by atoms with van der Waals surface area (Å²) in [4.78, 5) is 27.0. The number of nitrogens with two attached hydrogens (primary N) is 1. The minimum atomic E-state index is -0.348. The van der Waals surface area contributed by atoms with Crippen LogP contribution in [0.25, 0.3) is 0 Å². The van der Waals surface area contributed by atoms with Crippen molar-refractivity contribution in [3.8, 4) is 0 Å². The van der Waals surface area contributed by atoms with E-state index in [1.807, 2.05) is 17.5 Å². The van der Waals surface area contributed by atoms with Crippen LogP contribution in [0.5, 0.6) is 0 Å². The van der Waals surface area contributed by atoms with E-state index in [4.69, 9.17) is 5.73 Å². The van der Waals surface area contributed by atoms with Crippen LogP contribution >= 0.6 is 39.0 Å². The highest BCUT2D eigenvalue weighted by Gasteiger charge is 2.09. The van der Waals surface area contributed by atoms with Crippen LogP contribution in [0.4, 0.5) is 5.13 Å². The topological polar surface area (TPSA) is 85.1 Å². The lowest BCUT2D eigenvalue weighted by molar-refractivity contribution is -0.115. The molecule has 0 aliphatic heterocycles. The van der Waals surface area contributed by atoms with E-state index >= 15 is 0 Å². The van der Waals surface area contributed by atoms with Crippen molar-refractivity contribution >= 4 is 56.0 Å². The van der Waals surface area contributed by atoms with Crippen molar-refractivity contribution in [1.29, 1.82) is 0 Å². The summed E-state index contributed by atoms with van der Waals surface area (Å²) in [5.41, 5.74) is 6.45. The first-order valence-corrected chi connectivity index (χ1v) is 8.74. The van der Waals surface area contributed by atoms with Crippen LogP contribution in [0.15, 0.2) is 34.1 Å². The van der Waals surface area contributed by atoms with Gasteiger partial charge in [0.2, 0.25) is 5.91 Å². The Hall–Kier alpha value is -1.38. The first-order valence-electron chi connectivity index (χ1n) is 5.92. The molecule has 5 nitrogen and oxygen atoms in total. The van der Waals surface area contributed by atoms with Crippen LogP contribution in [0.1, 0.15) is 16.1 Å². The maximum absolute atomic E-state index is 12.0. The number of nitrogens with zero attached hydrogens (tertiary/aromatic N) is 1. The minimum Gasteiger partial charge on any atom is -0.369 e. The van der Waals surface area contributed by atoms with Gasteiger partial charge in [-0.2, -0.15) is 0 Å². The highest BCUT2D eigenvalue weighted by Crippen LogP contribution is 2.20. The van der Waals surface area contributed by atoms with Gasteiger partial charge in [0.1, 0.15) is 0 Å². The quantitative estimate of drug-likeness (QED) is 0.800. The smallest absolute Gasteiger partial charge is 0.257 e. The first-order chi connectivity index (χ1) is 10.0. The molecule has 0 bridgehead atoms. The number of carbonyl (C=O) groups is 2. The molecular formula is C13H12BrN3O2S2. The fourth-order valence-electron chi connectivity index (χ4n) is 1.46. The highest BCUT2D eigenvalue weighted by atomic mass is 79.9. The molecule has 0 spiro atoms. The number of nitrogens with one attached hydrogen (secondary N) is 1. The summed E-state index contributed by atoms with van der Waals surface area (Å²) in [6, 6.07) is 7.08. The van der Waals surface area contributed by atoms with Crippen LogP contribution in [0, 0.1) is 0 Å². The Bertz CT molecular complexity index is 643. The normalized spacial score (nSPS) is 10.3. The van der Waals surface area contributed by atoms with Crippen molar-refractivity contribution in [2.45, 2.75) is 5.75 Å². The average Bonchev–Trinajstić information content (AvgIpc) is 2.86. The third-order valence-corrected chi connectivity index (χ3v) is 4.70. The molecule has 0 saturated carbocycles. The number of anilines is 1. The number of benzene rings is 1. The molecule has 21 heavy (non-hydrogen) atoms. The fourth-order valence-corrected chi connectivity index (χ4v) is 3.19. The molecule has 8 heteroatoms. The van der Waals surface area contributed by atoms with Crippen molar-refractivity contribution in [3.63, 3.8) is 0 Å². The number of hydrogen-bond donors (Lipinski definition) is 2. The van der Waals surface area contributed by atoms with Gasteiger partial charge in [-0.05, 0) is 24.3 Å². The summed E-state index contributed by atoms with van der Waals surface area (Å²) in [6.45, 7) is 0. The number of thiazole rings is 1. The van der Waals surface area contributed by atoms with Gasteiger partial charge in [0.15, 0.2) is 5.13 Å². The lowest BCUT2D eigenvalue weighted by Crippen LogP contribution is -2.13. The molecule has 0 radical (unpaired) electrons. The molecule has 0 fully saturated rings. The van der Waals surface area contributed by atoms with E-state index in [1.54, 1.807) is 12.1 Å². The Morgan fingerprint density at radius 2 is 2.05 bits per heavy atom. The number of rotatable bonds is 6. The molecule has 110 valence electrons. The van der Waals surface area contributed by atoms with Gasteiger partial charge in [0, 0.05) is 21.2 Å². The zero-order chi connectivity index (χ0) is 15.2. The molecule has 0 unspecified atom stereocenters. The highest BCUT2D eigenvalue weighted by molar-refractivity contribution is 9.10. The summed E-state index contributed by atoms with van der Waals surface area (Å²) < 4.78 is 0.919. The lowest BCUT2D eigenvalue weighted by atomic mass is 10.2. The fraction of sp³-hybridized carbons (Fsp3) is 0.154. The molecule has 0 aliphatic carbocycles. The third kappa shape index (κ3) is 5.14. The Morgan fingerprint density at radius 1 is 1.33 bits per heavy atom. The van der Waals surface area contributed by atoms with E-state index in [9.17, 15) is 9.59 Å². The standard InChI is InChI=1S/C13H12BrN3O2S2/c14-9-3-1-8(2-4-9)12(19)17-13-16-10(6-21-13)5-20-7-11(15)18/h1-4,6H,5,7H2,(H2,15,18)(H,16,17,19). The molecule has 0 saturated heterocycles. The van der Waals surface area contributed by atoms with E-state index < -0.39 is 0 Å². The van der Waals surface area contributed by atoms with E-state index in [2.05, 4.69) is 26.2 Å². The zero-order valence-electron chi connectivity index (χ0n) is 10.8. The number of aromatic nitrogens is 1. The SMILES string of the molecule is NC(=O)CSCc1csc(NC(=O)c2ccc(Br)cc2)n1. The summed E-state index contributed by atoms with van der Waals surface area (Å²) >= 11 is 6.07. The Balaban J connectivity index is 1.91. The Kier molecular flexibility index (Phi) is 5.77. The van der Waals surface area contributed by atoms with Crippen LogP contribution in [-0.2, 0) is 10.5 Å². The number of thioether (sulfide) groups is 1. The van der Waals surface area contributed by atoms with Crippen LogP contribution in [-0.4, -0.2) is 22.6 Å². The molecule has 2 aromatic rings. The van der Waals surface area contributed by atoms with Gasteiger partial charge in [0.25, 0.3) is 5.91 Å². The molecule has 2 amide bonds. The van der Waals surface area contributed by atoms with Gasteiger partial charge >= 0.3 is 0 Å². The van der Waals surface area contributed by atoms with Crippen LogP contribution in [0.3, 0.4) is 0 Å². The van der Waals surface area contributed by atoms with E-state index in [0.29, 0.717) is 16.4 Å². The van der Waals surface area contributed by atoms with Crippen molar-refractivity contribution in [3.05, 3.63) is 45.4 Å². The van der Waals surface area contributed by atoms with Gasteiger partial charge in [0.05, 0.1) is 11.4 Å². The Morgan fingerprint density at radius 3 is 2.71 bits per heavy atom. The van der Waals surface area contributed by atoms with Gasteiger partial charge in [-0.1, -0.05) is 15.9 Å². The predicted octanol–water partition coefficient (Wildman–Crippen LogP) is 2.88. The summed E-state index contributed by atoms with van der Waals surface area (Å²) in [6.07, 6.45) is 0. The third-order valence-electron chi connectivity index (χ3n) is 2.37. The second-order valence-corrected chi connectivity index (χ2v) is 6.82. The average molecular weight is 386 g/mol. The van der Waals surface area contributed by atoms with Crippen molar-refractivity contribution in [2.24, 2.45) is 5.73 Å².